The second kappa shape index (κ2) is 10.1. The molecular weight excluding hydrogens is 455 g/mol. The van der Waals surface area contributed by atoms with Gasteiger partial charge in [-0.3, -0.25) is 5.32 Å². The number of ether oxygens (including phenoxy) is 1. The van der Waals surface area contributed by atoms with Crippen LogP contribution in [0.2, 0.25) is 0 Å². The van der Waals surface area contributed by atoms with E-state index in [1.54, 1.807) is 0 Å². The Morgan fingerprint density at radius 2 is 1.93 bits per heavy atom. The van der Waals surface area contributed by atoms with Gasteiger partial charge in [-0.1, -0.05) is 25.0 Å². The maximum Gasteiger partial charge on any atom is 0.411 e. The lowest BCUT2D eigenvalue weighted by atomic mass is 9.86. The third-order valence-electron chi connectivity index (χ3n) is 5.53. The molecule has 2 N–H and O–H groups in total. The van der Waals surface area contributed by atoms with Gasteiger partial charge < -0.3 is 15.0 Å². The summed E-state index contributed by atoms with van der Waals surface area (Å²) in [6.07, 6.45) is 6.35. The second-order valence-electron chi connectivity index (χ2n) is 7.36. The zero-order valence-corrected chi connectivity index (χ0v) is 18.6. The molecule has 0 radical (unpaired) electrons. The van der Waals surface area contributed by atoms with Crippen molar-refractivity contribution in [2.75, 3.05) is 32.1 Å². The lowest BCUT2D eigenvalue weighted by molar-refractivity contribution is 0.187. The van der Waals surface area contributed by atoms with E-state index in [0.717, 1.165) is 36.8 Å². The third kappa shape index (κ3) is 5.73. The summed E-state index contributed by atoms with van der Waals surface area (Å²) in [5.74, 6) is 1.02. The average Bonchev–Trinajstić information content (AvgIpc) is 3.30. The smallest absolute Gasteiger partial charge is 0.411 e. The van der Waals surface area contributed by atoms with Crippen LogP contribution in [0, 0.1) is 5.41 Å². The highest BCUT2D eigenvalue weighted by atomic mass is 127. The second-order valence-corrected chi connectivity index (χ2v) is 7.36. The van der Waals surface area contributed by atoms with Crippen molar-refractivity contribution in [1.29, 1.82) is 0 Å². The van der Waals surface area contributed by atoms with E-state index in [-0.39, 0.29) is 24.0 Å². The molecule has 1 aromatic rings. The Kier molecular flexibility index (Phi) is 8.19. The third-order valence-corrected chi connectivity index (χ3v) is 5.53. The number of nitrogens with zero attached hydrogens (tertiary/aromatic N) is 2. The van der Waals surface area contributed by atoms with Crippen molar-refractivity contribution in [3.05, 3.63) is 29.8 Å². The minimum absolute atomic E-state index is 0. The SMILES string of the molecule is CCNC(=NCc1ccc(NC(=O)OC)cc1)N1CCC2(CCCC2)C1.I. The van der Waals surface area contributed by atoms with Gasteiger partial charge in [0.05, 0.1) is 13.7 Å². The van der Waals surface area contributed by atoms with Crippen LogP contribution in [0.1, 0.15) is 44.6 Å². The number of hydrogen-bond acceptors (Lipinski definition) is 3. The predicted octanol–water partition coefficient (Wildman–Crippen LogP) is 4.21. The Morgan fingerprint density at radius 1 is 1.22 bits per heavy atom. The monoisotopic (exact) mass is 486 g/mol. The molecule has 0 unspecified atom stereocenters. The number of likely N-dealkylation sites (tertiary alicyclic amines) is 1. The molecule has 1 saturated carbocycles. The number of carbonyl (C=O) groups excluding carboxylic acids is 1. The van der Waals surface area contributed by atoms with Crippen molar-refractivity contribution >= 4 is 41.7 Å². The molecule has 6 nitrogen and oxygen atoms in total. The van der Waals surface area contributed by atoms with Crippen LogP contribution in [0.4, 0.5) is 10.5 Å². The van der Waals surface area contributed by atoms with Crippen LogP contribution in [-0.2, 0) is 11.3 Å². The molecule has 1 aromatic carbocycles. The Hall–Kier alpha value is -1.51. The maximum absolute atomic E-state index is 11.2. The number of nitrogens with one attached hydrogen (secondary N) is 2. The zero-order valence-electron chi connectivity index (χ0n) is 16.3. The summed E-state index contributed by atoms with van der Waals surface area (Å²) in [6.45, 7) is 5.87. The van der Waals surface area contributed by atoms with Gasteiger partial charge in [0.15, 0.2) is 5.96 Å². The van der Waals surface area contributed by atoms with Crippen LogP contribution in [0.15, 0.2) is 29.3 Å². The van der Waals surface area contributed by atoms with Crippen LogP contribution in [0.5, 0.6) is 0 Å². The summed E-state index contributed by atoms with van der Waals surface area (Å²) in [4.78, 5) is 18.5. The maximum atomic E-state index is 11.2. The van der Waals surface area contributed by atoms with Gasteiger partial charge in [-0.2, -0.15) is 0 Å². The first-order valence-electron chi connectivity index (χ1n) is 9.61. The lowest BCUT2D eigenvalue weighted by Gasteiger charge is -2.26. The molecule has 1 heterocycles. The Balaban J connectivity index is 0.00000261. The quantitative estimate of drug-likeness (QED) is 0.380. The highest BCUT2D eigenvalue weighted by molar-refractivity contribution is 14.0. The number of methoxy groups -OCH3 is 1. The molecule has 0 atom stereocenters. The fourth-order valence-corrected chi connectivity index (χ4v) is 4.10. The van der Waals surface area contributed by atoms with Gasteiger partial charge >= 0.3 is 6.09 Å². The van der Waals surface area contributed by atoms with Crippen molar-refractivity contribution in [1.82, 2.24) is 10.2 Å². The summed E-state index contributed by atoms with van der Waals surface area (Å²) in [5.41, 5.74) is 2.38. The Morgan fingerprint density at radius 3 is 2.56 bits per heavy atom. The van der Waals surface area contributed by atoms with Gasteiger partial charge in [-0.25, -0.2) is 9.79 Å². The molecule has 27 heavy (non-hydrogen) atoms. The van der Waals surface area contributed by atoms with Gasteiger partial charge in [0.1, 0.15) is 0 Å². The number of hydrogen-bond donors (Lipinski definition) is 2. The van der Waals surface area contributed by atoms with E-state index in [0.29, 0.717) is 12.0 Å². The van der Waals surface area contributed by atoms with Crippen molar-refractivity contribution in [3.8, 4) is 0 Å². The molecule has 1 saturated heterocycles. The molecule has 2 fully saturated rings. The predicted molar refractivity (Wildman–Crippen MR) is 120 cm³/mol. The number of amides is 1. The Bertz CT molecular complexity index is 642. The van der Waals surface area contributed by atoms with E-state index in [2.05, 4.69) is 27.2 Å². The van der Waals surface area contributed by atoms with Gasteiger partial charge in [-0.15, -0.1) is 24.0 Å². The van der Waals surface area contributed by atoms with Crippen LogP contribution < -0.4 is 10.6 Å². The van der Waals surface area contributed by atoms with E-state index in [9.17, 15) is 4.79 Å². The first kappa shape index (κ1) is 21.8. The highest BCUT2D eigenvalue weighted by Gasteiger charge is 2.41. The van der Waals surface area contributed by atoms with Gasteiger partial charge in [0.2, 0.25) is 0 Å². The van der Waals surface area contributed by atoms with Crippen molar-refractivity contribution < 1.29 is 9.53 Å². The van der Waals surface area contributed by atoms with Crippen LogP contribution >= 0.6 is 24.0 Å². The molecule has 7 heteroatoms. The standard InChI is InChI=1S/C20H30N4O2.HI/c1-3-21-18(24-13-12-20(15-24)10-4-5-11-20)22-14-16-6-8-17(9-7-16)23-19(25)26-2;/h6-9H,3-5,10-15H2,1-2H3,(H,21,22)(H,23,25);1H. The van der Waals surface area contributed by atoms with E-state index >= 15 is 0 Å². The molecule has 1 aliphatic carbocycles. The van der Waals surface area contributed by atoms with E-state index in [4.69, 9.17) is 4.99 Å². The highest BCUT2D eigenvalue weighted by Crippen LogP contribution is 2.45. The molecule has 150 valence electrons. The summed E-state index contributed by atoms with van der Waals surface area (Å²) in [7, 11) is 1.36. The van der Waals surface area contributed by atoms with Gasteiger partial charge in [0.25, 0.3) is 0 Å². The number of anilines is 1. The number of carbonyl (C=O) groups is 1. The van der Waals surface area contributed by atoms with Crippen molar-refractivity contribution in [2.45, 2.75) is 45.6 Å². The lowest BCUT2D eigenvalue weighted by Crippen LogP contribution is -2.41. The number of aliphatic imine (C=N–C) groups is 1. The normalized spacial score (nSPS) is 18.3. The van der Waals surface area contributed by atoms with E-state index in [1.165, 1.54) is 39.2 Å². The molecule has 3 rings (SSSR count). The van der Waals surface area contributed by atoms with E-state index in [1.807, 2.05) is 24.3 Å². The average molecular weight is 486 g/mol. The fraction of sp³-hybridized carbons (Fsp3) is 0.600. The summed E-state index contributed by atoms with van der Waals surface area (Å²) in [6, 6.07) is 7.72. The first-order valence-corrected chi connectivity index (χ1v) is 9.61. The topological polar surface area (TPSA) is 66.0 Å². The zero-order chi connectivity index (χ0) is 18.4. The number of rotatable bonds is 4. The van der Waals surface area contributed by atoms with Crippen LogP contribution in [-0.4, -0.2) is 43.7 Å². The van der Waals surface area contributed by atoms with Crippen molar-refractivity contribution in [3.63, 3.8) is 0 Å². The summed E-state index contributed by atoms with van der Waals surface area (Å²) >= 11 is 0. The van der Waals surface area contributed by atoms with Gasteiger partial charge in [0, 0.05) is 25.3 Å². The molecule has 0 bridgehead atoms. The molecule has 0 aromatic heterocycles. The number of guanidine groups is 1. The number of halogens is 1. The molecule has 2 aliphatic rings. The molecule has 1 spiro atoms. The minimum Gasteiger partial charge on any atom is -0.453 e. The largest absolute Gasteiger partial charge is 0.453 e. The first-order chi connectivity index (χ1) is 12.6. The van der Waals surface area contributed by atoms with Crippen molar-refractivity contribution in [2.24, 2.45) is 10.4 Å². The molecular formula is C20H31IN4O2. The van der Waals surface area contributed by atoms with Crippen LogP contribution in [0.25, 0.3) is 0 Å². The molecule has 1 aliphatic heterocycles. The summed E-state index contributed by atoms with van der Waals surface area (Å²) in [5, 5.41) is 6.11. The fourth-order valence-electron chi connectivity index (χ4n) is 4.10. The van der Waals surface area contributed by atoms with E-state index < -0.39 is 6.09 Å². The Labute approximate surface area is 179 Å². The van der Waals surface area contributed by atoms with Gasteiger partial charge in [-0.05, 0) is 49.3 Å². The minimum atomic E-state index is -0.458. The van der Waals surface area contributed by atoms with Crippen LogP contribution in [0.3, 0.4) is 0 Å². The molecule has 1 amide bonds. The summed E-state index contributed by atoms with van der Waals surface area (Å²) < 4.78 is 4.60. The number of benzene rings is 1.